The van der Waals surface area contributed by atoms with E-state index in [2.05, 4.69) is 0 Å². The number of rotatable bonds is 2. The molecule has 0 amide bonds. The van der Waals surface area contributed by atoms with E-state index in [4.69, 9.17) is 5.11 Å². The van der Waals surface area contributed by atoms with Crippen molar-refractivity contribution in [2.24, 2.45) is 0 Å². The SMILES string of the molecule is C[C@H](O)[C@@H](C)N(C)C. The Morgan fingerprint density at radius 1 is 1.25 bits per heavy atom. The minimum Gasteiger partial charge on any atom is -0.392 e. The van der Waals surface area contributed by atoms with Gasteiger partial charge in [-0.3, -0.25) is 0 Å². The van der Waals surface area contributed by atoms with Gasteiger partial charge in [-0.2, -0.15) is 0 Å². The Balaban J connectivity index is 3.46. The summed E-state index contributed by atoms with van der Waals surface area (Å²) in [6.45, 7) is 3.79. The van der Waals surface area contributed by atoms with Gasteiger partial charge in [-0.05, 0) is 27.9 Å². The van der Waals surface area contributed by atoms with E-state index in [0.29, 0.717) is 0 Å². The molecule has 0 aliphatic carbocycles. The van der Waals surface area contributed by atoms with Crippen LogP contribution in [0.15, 0.2) is 0 Å². The summed E-state index contributed by atoms with van der Waals surface area (Å²) in [5, 5.41) is 8.95. The van der Waals surface area contributed by atoms with Crippen LogP contribution in [0.5, 0.6) is 0 Å². The first-order valence-electron chi connectivity index (χ1n) is 2.90. The van der Waals surface area contributed by atoms with Crippen LogP contribution in [0.2, 0.25) is 0 Å². The molecule has 0 aromatic heterocycles. The molecule has 2 atom stereocenters. The Kier molecular flexibility index (Phi) is 3.02. The van der Waals surface area contributed by atoms with Crippen molar-refractivity contribution in [1.29, 1.82) is 0 Å². The molecule has 2 heteroatoms. The van der Waals surface area contributed by atoms with Gasteiger partial charge in [-0.1, -0.05) is 0 Å². The van der Waals surface area contributed by atoms with E-state index in [1.807, 2.05) is 25.9 Å². The van der Waals surface area contributed by atoms with Crippen molar-refractivity contribution in [3.8, 4) is 0 Å². The number of hydrogen-bond acceptors (Lipinski definition) is 2. The average Bonchev–Trinajstić information content (AvgIpc) is 1.64. The van der Waals surface area contributed by atoms with E-state index in [9.17, 15) is 0 Å². The maximum Gasteiger partial charge on any atom is 0.0664 e. The Labute approximate surface area is 51.1 Å². The minimum absolute atomic E-state index is 0.231. The Bertz CT molecular complexity index is 53.5. The topological polar surface area (TPSA) is 23.5 Å². The highest BCUT2D eigenvalue weighted by Gasteiger charge is 2.08. The molecular formula is C6H15NO. The van der Waals surface area contributed by atoms with Crippen molar-refractivity contribution >= 4 is 0 Å². The van der Waals surface area contributed by atoms with Crippen molar-refractivity contribution in [2.75, 3.05) is 14.1 Å². The van der Waals surface area contributed by atoms with Crippen LogP contribution in [-0.2, 0) is 0 Å². The van der Waals surface area contributed by atoms with Crippen LogP contribution in [0, 0.1) is 0 Å². The summed E-state index contributed by atoms with van der Waals surface area (Å²) in [5.74, 6) is 0. The summed E-state index contributed by atoms with van der Waals surface area (Å²) < 4.78 is 0. The van der Waals surface area contributed by atoms with Crippen LogP contribution in [0.4, 0.5) is 0 Å². The molecular weight excluding hydrogens is 102 g/mol. The lowest BCUT2D eigenvalue weighted by Gasteiger charge is -2.21. The molecule has 0 rings (SSSR count). The van der Waals surface area contributed by atoms with Gasteiger partial charge in [-0.25, -0.2) is 0 Å². The fraction of sp³-hybridized carbons (Fsp3) is 1.00. The van der Waals surface area contributed by atoms with Gasteiger partial charge in [0.25, 0.3) is 0 Å². The molecule has 0 aromatic carbocycles. The van der Waals surface area contributed by atoms with E-state index < -0.39 is 0 Å². The molecule has 0 heterocycles. The van der Waals surface area contributed by atoms with Crippen LogP contribution < -0.4 is 0 Å². The molecule has 0 aliphatic heterocycles. The van der Waals surface area contributed by atoms with Gasteiger partial charge >= 0.3 is 0 Å². The van der Waals surface area contributed by atoms with Gasteiger partial charge in [0.2, 0.25) is 0 Å². The van der Waals surface area contributed by atoms with Crippen molar-refractivity contribution in [2.45, 2.75) is 26.0 Å². The molecule has 1 N–H and O–H groups in total. The molecule has 0 radical (unpaired) electrons. The second-order valence-corrected chi connectivity index (χ2v) is 2.44. The molecule has 0 saturated carbocycles. The molecule has 2 nitrogen and oxygen atoms in total. The number of aliphatic hydroxyl groups excluding tert-OH is 1. The highest BCUT2D eigenvalue weighted by molar-refractivity contribution is 4.64. The van der Waals surface area contributed by atoms with Crippen molar-refractivity contribution in [1.82, 2.24) is 4.90 Å². The summed E-state index contributed by atoms with van der Waals surface area (Å²) >= 11 is 0. The molecule has 0 unspecified atom stereocenters. The summed E-state index contributed by atoms with van der Waals surface area (Å²) in [6.07, 6.45) is -0.231. The Morgan fingerprint density at radius 2 is 1.62 bits per heavy atom. The number of likely N-dealkylation sites (N-methyl/N-ethyl adjacent to an activating group) is 1. The van der Waals surface area contributed by atoms with Crippen LogP contribution in [0.25, 0.3) is 0 Å². The molecule has 0 bridgehead atoms. The van der Waals surface area contributed by atoms with Gasteiger partial charge in [0, 0.05) is 6.04 Å². The number of aliphatic hydroxyl groups is 1. The first-order chi connectivity index (χ1) is 3.55. The molecule has 0 aromatic rings. The van der Waals surface area contributed by atoms with Gasteiger partial charge in [0.05, 0.1) is 6.10 Å². The third-order valence-electron chi connectivity index (χ3n) is 1.51. The summed E-state index contributed by atoms with van der Waals surface area (Å²) in [7, 11) is 3.91. The third-order valence-corrected chi connectivity index (χ3v) is 1.51. The Hall–Kier alpha value is -0.0800. The summed E-state index contributed by atoms with van der Waals surface area (Å²) in [4.78, 5) is 1.99. The van der Waals surface area contributed by atoms with E-state index in [1.54, 1.807) is 6.92 Å². The molecule has 0 saturated heterocycles. The van der Waals surface area contributed by atoms with Crippen LogP contribution in [0.1, 0.15) is 13.8 Å². The normalized spacial score (nSPS) is 18.8. The smallest absolute Gasteiger partial charge is 0.0664 e. The standard InChI is InChI=1S/C6H15NO/c1-5(6(2)8)7(3)4/h5-6,8H,1-4H3/t5-,6+/m1/s1. The second kappa shape index (κ2) is 3.05. The second-order valence-electron chi connectivity index (χ2n) is 2.44. The predicted molar refractivity (Wildman–Crippen MR) is 34.8 cm³/mol. The van der Waals surface area contributed by atoms with Crippen molar-refractivity contribution in [3.05, 3.63) is 0 Å². The third kappa shape index (κ3) is 2.28. The molecule has 50 valence electrons. The summed E-state index contributed by atoms with van der Waals surface area (Å²) in [6, 6.07) is 0.259. The van der Waals surface area contributed by atoms with Crippen molar-refractivity contribution in [3.63, 3.8) is 0 Å². The lowest BCUT2D eigenvalue weighted by molar-refractivity contribution is 0.101. The molecule has 8 heavy (non-hydrogen) atoms. The Morgan fingerprint density at radius 3 is 1.62 bits per heavy atom. The van der Waals surface area contributed by atoms with Crippen molar-refractivity contribution < 1.29 is 5.11 Å². The monoisotopic (exact) mass is 117 g/mol. The zero-order chi connectivity index (χ0) is 6.73. The predicted octanol–water partition coefficient (Wildman–Crippen LogP) is 0.317. The maximum absolute atomic E-state index is 8.95. The lowest BCUT2D eigenvalue weighted by atomic mass is 10.2. The van der Waals surface area contributed by atoms with Gasteiger partial charge in [0.15, 0.2) is 0 Å². The van der Waals surface area contributed by atoms with E-state index in [1.165, 1.54) is 0 Å². The first kappa shape index (κ1) is 7.92. The summed E-state index contributed by atoms with van der Waals surface area (Å²) in [5.41, 5.74) is 0. The van der Waals surface area contributed by atoms with Gasteiger partial charge in [-0.15, -0.1) is 0 Å². The largest absolute Gasteiger partial charge is 0.392 e. The molecule has 0 fully saturated rings. The maximum atomic E-state index is 8.95. The minimum atomic E-state index is -0.231. The average molecular weight is 117 g/mol. The molecule has 0 spiro atoms. The highest BCUT2D eigenvalue weighted by atomic mass is 16.3. The quantitative estimate of drug-likeness (QED) is 0.563. The van der Waals surface area contributed by atoms with Gasteiger partial charge in [0.1, 0.15) is 0 Å². The van der Waals surface area contributed by atoms with E-state index in [-0.39, 0.29) is 12.1 Å². The molecule has 0 aliphatic rings. The number of nitrogens with zero attached hydrogens (tertiary/aromatic N) is 1. The van der Waals surface area contributed by atoms with E-state index >= 15 is 0 Å². The van der Waals surface area contributed by atoms with E-state index in [0.717, 1.165) is 0 Å². The fourth-order valence-electron chi connectivity index (χ4n) is 0.431. The highest BCUT2D eigenvalue weighted by Crippen LogP contribution is 1.96. The van der Waals surface area contributed by atoms with Gasteiger partial charge < -0.3 is 10.0 Å². The zero-order valence-corrected chi connectivity index (χ0v) is 6.05. The van der Waals surface area contributed by atoms with Crippen LogP contribution >= 0.6 is 0 Å². The zero-order valence-electron chi connectivity index (χ0n) is 6.05. The lowest BCUT2D eigenvalue weighted by Crippen LogP contribution is -2.34. The van der Waals surface area contributed by atoms with Crippen LogP contribution in [0.3, 0.4) is 0 Å². The van der Waals surface area contributed by atoms with Crippen LogP contribution in [-0.4, -0.2) is 36.2 Å². The fourth-order valence-corrected chi connectivity index (χ4v) is 0.431. The first-order valence-corrected chi connectivity index (χ1v) is 2.90. The number of hydrogen-bond donors (Lipinski definition) is 1.